The number of nitro groups is 1. The molecule has 2 heterocycles. The second-order valence-electron chi connectivity index (χ2n) is 10.1. The van der Waals surface area contributed by atoms with Crippen LogP contribution in [0.3, 0.4) is 0 Å². The summed E-state index contributed by atoms with van der Waals surface area (Å²) in [6, 6.07) is 23.1. The molecule has 0 aliphatic carbocycles. The summed E-state index contributed by atoms with van der Waals surface area (Å²) in [6.45, 7) is 3.61. The third kappa shape index (κ3) is 6.21. The van der Waals surface area contributed by atoms with Crippen LogP contribution in [0.2, 0.25) is 0 Å². The van der Waals surface area contributed by atoms with Crippen LogP contribution in [0.15, 0.2) is 95.7 Å². The van der Waals surface area contributed by atoms with Crippen LogP contribution < -0.4 is 9.47 Å². The van der Waals surface area contributed by atoms with Crippen molar-refractivity contribution in [2.24, 2.45) is 0 Å². The van der Waals surface area contributed by atoms with E-state index in [4.69, 9.17) is 14.6 Å². The Morgan fingerprint density at radius 1 is 1.04 bits per heavy atom. The van der Waals surface area contributed by atoms with Crippen molar-refractivity contribution in [2.75, 3.05) is 20.3 Å². The molecule has 11 nitrogen and oxygen atoms in total. The summed E-state index contributed by atoms with van der Waals surface area (Å²) in [5.74, 6) is -0.405. The van der Waals surface area contributed by atoms with E-state index in [1.54, 1.807) is 56.1 Å². The van der Waals surface area contributed by atoms with Gasteiger partial charge in [-0.25, -0.2) is 4.68 Å². The van der Waals surface area contributed by atoms with Crippen molar-refractivity contribution >= 4 is 23.6 Å². The Kier molecular flexibility index (Phi) is 8.86. The molecular formula is C34H29N5O6. The van der Waals surface area contributed by atoms with E-state index in [2.05, 4.69) is 0 Å². The van der Waals surface area contributed by atoms with Crippen molar-refractivity contribution in [1.29, 1.82) is 5.26 Å². The summed E-state index contributed by atoms with van der Waals surface area (Å²) in [4.78, 5) is 39.5. The van der Waals surface area contributed by atoms with Crippen LogP contribution in [0, 0.1) is 21.4 Å². The van der Waals surface area contributed by atoms with E-state index in [0.29, 0.717) is 29.0 Å². The van der Waals surface area contributed by atoms with Gasteiger partial charge in [-0.3, -0.25) is 24.6 Å². The van der Waals surface area contributed by atoms with Gasteiger partial charge in [0.05, 0.1) is 24.3 Å². The highest BCUT2D eigenvalue weighted by Gasteiger charge is 2.35. The van der Waals surface area contributed by atoms with E-state index in [1.165, 1.54) is 12.1 Å². The van der Waals surface area contributed by atoms with E-state index < -0.39 is 16.7 Å². The molecule has 0 atom stereocenters. The molecule has 5 rings (SSSR count). The van der Waals surface area contributed by atoms with Crippen molar-refractivity contribution in [3.8, 4) is 34.5 Å². The van der Waals surface area contributed by atoms with Crippen LogP contribution in [0.1, 0.15) is 25.0 Å². The molecule has 0 radical (unpaired) electrons. The molecule has 0 saturated carbocycles. The molecule has 0 fully saturated rings. The molecule has 4 aromatic rings. The van der Waals surface area contributed by atoms with E-state index in [-0.39, 0.29) is 41.3 Å². The average molecular weight is 604 g/mol. The predicted molar refractivity (Wildman–Crippen MR) is 167 cm³/mol. The third-order valence-electron chi connectivity index (χ3n) is 7.40. The highest BCUT2D eigenvalue weighted by molar-refractivity contribution is 6.19. The summed E-state index contributed by atoms with van der Waals surface area (Å²) < 4.78 is 12.3. The van der Waals surface area contributed by atoms with Crippen LogP contribution in [-0.2, 0) is 16.0 Å². The zero-order valence-electron chi connectivity index (χ0n) is 24.9. The summed E-state index contributed by atoms with van der Waals surface area (Å²) in [6.07, 6.45) is 3.65. The number of para-hydroxylation sites is 1. The van der Waals surface area contributed by atoms with Gasteiger partial charge in [0.15, 0.2) is 5.75 Å². The number of carbonyl (C=O) groups excluding carboxylic acids is 2. The normalized spacial score (nSPS) is 14.1. The minimum Gasteiger partial charge on any atom is -0.497 e. The molecule has 45 heavy (non-hydrogen) atoms. The molecule has 2 amide bonds. The first-order chi connectivity index (χ1) is 21.7. The smallest absolute Gasteiger partial charge is 0.311 e. The fourth-order valence-electron chi connectivity index (χ4n) is 5.04. The largest absolute Gasteiger partial charge is 0.497 e. The number of nitrogens with zero attached hydrogens (tertiary/aromatic N) is 5. The Balaban J connectivity index is 1.60. The Labute approximate surface area is 259 Å². The van der Waals surface area contributed by atoms with Gasteiger partial charge in [0, 0.05) is 35.5 Å². The lowest BCUT2D eigenvalue weighted by Crippen LogP contribution is -2.43. The number of hydrogen-bond donors (Lipinski definition) is 0. The first-order valence-corrected chi connectivity index (χ1v) is 14.1. The molecule has 1 aliphatic rings. The number of rotatable bonds is 10. The standard InChI is InChI=1S/C34H29N5O6/c1-4-45-31-15-12-24(19-30(31)39(42)43)32-25(21-38(36-32)26-8-6-5-7-9-26)18-28-22(2)29(20-35)34(41)37(33(28)40)17-16-23-10-13-27(44-3)14-11-23/h5-15,18-19,21H,4,16-17H2,1-3H3/b28-18+. The van der Waals surface area contributed by atoms with Crippen LogP contribution in [0.4, 0.5) is 5.69 Å². The number of nitro benzene ring substituents is 1. The number of hydrogen-bond acceptors (Lipinski definition) is 8. The predicted octanol–water partition coefficient (Wildman–Crippen LogP) is 5.69. The van der Waals surface area contributed by atoms with Crippen molar-refractivity contribution in [3.05, 3.63) is 117 Å². The lowest BCUT2D eigenvalue weighted by molar-refractivity contribution is -0.385. The Morgan fingerprint density at radius 3 is 2.42 bits per heavy atom. The summed E-state index contributed by atoms with van der Waals surface area (Å²) in [7, 11) is 1.57. The zero-order valence-corrected chi connectivity index (χ0v) is 24.9. The van der Waals surface area contributed by atoms with Crippen LogP contribution in [0.5, 0.6) is 11.5 Å². The monoisotopic (exact) mass is 603 g/mol. The van der Waals surface area contributed by atoms with Gasteiger partial charge in [0.2, 0.25) is 0 Å². The van der Waals surface area contributed by atoms with Crippen LogP contribution >= 0.6 is 0 Å². The van der Waals surface area contributed by atoms with Gasteiger partial charge in [-0.05, 0) is 73.9 Å². The SMILES string of the molecule is CCOc1ccc(-c2nn(-c3ccccc3)cc2/C=C2/C(=O)N(CCc3ccc(OC)cc3)C(=O)C(C#N)=C2C)cc1[N+](=O)[O-]. The molecule has 3 aromatic carbocycles. The van der Waals surface area contributed by atoms with Crippen molar-refractivity contribution < 1.29 is 24.0 Å². The summed E-state index contributed by atoms with van der Waals surface area (Å²) in [5.41, 5.74) is 2.87. The molecule has 0 spiro atoms. The molecule has 226 valence electrons. The molecular weight excluding hydrogens is 574 g/mol. The quantitative estimate of drug-likeness (QED) is 0.0975. The second-order valence-corrected chi connectivity index (χ2v) is 10.1. The fourth-order valence-corrected chi connectivity index (χ4v) is 5.04. The maximum Gasteiger partial charge on any atom is 0.311 e. The molecule has 0 N–H and O–H groups in total. The molecule has 0 bridgehead atoms. The second kappa shape index (κ2) is 13.1. The summed E-state index contributed by atoms with van der Waals surface area (Å²) >= 11 is 0. The van der Waals surface area contributed by atoms with Crippen molar-refractivity contribution in [1.82, 2.24) is 14.7 Å². The van der Waals surface area contributed by atoms with Crippen molar-refractivity contribution in [3.63, 3.8) is 0 Å². The molecule has 1 aliphatic heterocycles. The first kappa shape index (κ1) is 30.4. The zero-order chi connectivity index (χ0) is 32.1. The lowest BCUT2D eigenvalue weighted by atomic mass is 9.93. The van der Waals surface area contributed by atoms with Gasteiger partial charge in [0.1, 0.15) is 23.1 Å². The molecule has 1 aromatic heterocycles. The van der Waals surface area contributed by atoms with Gasteiger partial charge in [0.25, 0.3) is 11.8 Å². The summed E-state index contributed by atoms with van der Waals surface area (Å²) in [5, 5.41) is 26.5. The highest BCUT2D eigenvalue weighted by Crippen LogP contribution is 2.35. The topological polar surface area (TPSA) is 141 Å². The van der Waals surface area contributed by atoms with Gasteiger partial charge < -0.3 is 9.47 Å². The number of aromatic nitrogens is 2. The maximum atomic E-state index is 13.9. The van der Waals surface area contributed by atoms with E-state index in [9.17, 15) is 25.0 Å². The van der Waals surface area contributed by atoms with Crippen LogP contribution in [-0.4, -0.2) is 51.7 Å². The number of methoxy groups -OCH3 is 1. The Morgan fingerprint density at radius 2 is 1.78 bits per heavy atom. The molecule has 0 unspecified atom stereocenters. The van der Waals surface area contributed by atoms with E-state index in [0.717, 1.165) is 16.2 Å². The third-order valence-corrected chi connectivity index (χ3v) is 7.40. The lowest BCUT2D eigenvalue weighted by Gasteiger charge is -2.27. The van der Waals surface area contributed by atoms with Gasteiger partial charge >= 0.3 is 5.69 Å². The number of nitriles is 1. The number of ether oxygens (including phenoxy) is 2. The minimum absolute atomic E-state index is 0.0566. The fraction of sp³-hybridized carbons (Fsp3) is 0.176. The first-order valence-electron chi connectivity index (χ1n) is 14.1. The number of carbonyl (C=O) groups is 2. The van der Waals surface area contributed by atoms with E-state index in [1.807, 2.05) is 48.5 Å². The minimum atomic E-state index is -0.659. The van der Waals surface area contributed by atoms with Gasteiger partial charge in [-0.1, -0.05) is 30.3 Å². The van der Waals surface area contributed by atoms with Gasteiger partial charge in [-0.2, -0.15) is 10.4 Å². The Hall–Kier alpha value is -6.02. The van der Waals surface area contributed by atoms with Gasteiger partial charge in [-0.15, -0.1) is 0 Å². The highest BCUT2D eigenvalue weighted by atomic mass is 16.6. The van der Waals surface area contributed by atoms with Crippen molar-refractivity contribution in [2.45, 2.75) is 20.3 Å². The molecule has 0 saturated heterocycles. The van der Waals surface area contributed by atoms with E-state index >= 15 is 0 Å². The molecule has 11 heteroatoms. The Bertz CT molecular complexity index is 1880. The van der Waals surface area contributed by atoms with Crippen LogP contribution in [0.25, 0.3) is 23.0 Å². The maximum absolute atomic E-state index is 13.9. The average Bonchev–Trinajstić information content (AvgIpc) is 3.48. The number of imide groups is 1. The number of amides is 2. The number of benzene rings is 3.